The van der Waals surface area contributed by atoms with Crippen LogP contribution in [0.5, 0.6) is 0 Å². The molecule has 1 unspecified atom stereocenters. The highest BCUT2D eigenvalue weighted by Crippen LogP contribution is 2.21. The molecule has 1 aliphatic rings. The first-order valence-corrected chi connectivity index (χ1v) is 8.36. The zero-order chi connectivity index (χ0) is 16.7. The van der Waals surface area contributed by atoms with Crippen LogP contribution in [-0.2, 0) is 9.53 Å². The highest BCUT2D eigenvalue weighted by atomic mass is 19.1. The van der Waals surface area contributed by atoms with Crippen molar-refractivity contribution in [3.8, 4) is 0 Å². The van der Waals surface area contributed by atoms with Crippen molar-refractivity contribution in [2.24, 2.45) is 0 Å². The number of esters is 1. The second kappa shape index (κ2) is 8.65. The Labute approximate surface area is 136 Å². The molecule has 1 amide bonds. The fourth-order valence-electron chi connectivity index (χ4n) is 2.84. The first-order chi connectivity index (χ1) is 11.1. The lowest BCUT2D eigenvalue weighted by Crippen LogP contribution is -2.41. The van der Waals surface area contributed by atoms with E-state index in [0.717, 1.165) is 32.1 Å². The molecular weight excluding hydrogens is 297 g/mol. The van der Waals surface area contributed by atoms with Crippen molar-refractivity contribution >= 4 is 11.9 Å². The van der Waals surface area contributed by atoms with Crippen molar-refractivity contribution in [3.05, 3.63) is 35.6 Å². The Kier molecular flexibility index (Phi) is 6.56. The van der Waals surface area contributed by atoms with Crippen molar-refractivity contribution in [2.75, 3.05) is 13.2 Å². The molecule has 1 aromatic carbocycles. The van der Waals surface area contributed by atoms with E-state index in [0.29, 0.717) is 19.6 Å². The van der Waals surface area contributed by atoms with Crippen molar-refractivity contribution in [1.29, 1.82) is 0 Å². The van der Waals surface area contributed by atoms with Crippen molar-refractivity contribution in [2.45, 2.75) is 51.5 Å². The average molecular weight is 321 g/mol. The number of rotatable bonds is 7. The molecule has 1 aromatic rings. The number of ether oxygens (including phenoxy) is 1. The summed E-state index contributed by atoms with van der Waals surface area (Å²) in [6.07, 6.45) is 5.52. The van der Waals surface area contributed by atoms with Crippen molar-refractivity contribution in [3.63, 3.8) is 0 Å². The smallest absolute Gasteiger partial charge is 0.328 e. The molecule has 0 saturated carbocycles. The lowest BCUT2D eigenvalue weighted by Gasteiger charge is -2.23. The lowest BCUT2D eigenvalue weighted by molar-refractivity contribution is -0.148. The third-order valence-electron chi connectivity index (χ3n) is 4.10. The molecule has 1 saturated heterocycles. The lowest BCUT2D eigenvalue weighted by atomic mass is 10.1. The number of unbranched alkanes of at least 4 members (excludes halogenated alkanes) is 3. The largest absolute Gasteiger partial charge is 0.464 e. The SMILES string of the molecule is CCCCCCOC(=O)C1CCCN1C(=O)c1cccc(F)c1. The summed E-state index contributed by atoms with van der Waals surface area (Å²) in [6, 6.07) is 5.02. The number of nitrogens with zero attached hydrogens (tertiary/aromatic N) is 1. The summed E-state index contributed by atoms with van der Waals surface area (Å²) in [7, 11) is 0. The molecule has 0 spiro atoms. The van der Waals surface area contributed by atoms with Gasteiger partial charge in [0.15, 0.2) is 0 Å². The maximum atomic E-state index is 13.3. The minimum atomic E-state index is -0.544. The number of carbonyl (C=O) groups excluding carboxylic acids is 2. The Morgan fingerprint density at radius 1 is 1.30 bits per heavy atom. The van der Waals surface area contributed by atoms with Crippen LogP contribution >= 0.6 is 0 Å². The molecule has 1 fully saturated rings. The van der Waals surface area contributed by atoms with E-state index in [4.69, 9.17) is 4.74 Å². The maximum absolute atomic E-state index is 13.3. The highest BCUT2D eigenvalue weighted by Gasteiger charge is 2.35. The van der Waals surface area contributed by atoms with E-state index in [-0.39, 0.29) is 17.4 Å². The first-order valence-electron chi connectivity index (χ1n) is 8.36. The molecule has 1 atom stereocenters. The Morgan fingerprint density at radius 2 is 2.13 bits per heavy atom. The number of hydrogen-bond donors (Lipinski definition) is 0. The Balaban J connectivity index is 1.91. The van der Waals surface area contributed by atoms with Crippen LogP contribution in [0, 0.1) is 5.82 Å². The van der Waals surface area contributed by atoms with Crippen LogP contribution in [-0.4, -0.2) is 36.0 Å². The van der Waals surface area contributed by atoms with E-state index in [1.807, 2.05) is 0 Å². The van der Waals surface area contributed by atoms with E-state index in [1.54, 1.807) is 6.07 Å². The van der Waals surface area contributed by atoms with Gasteiger partial charge in [-0.25, -0.2) is 9.18 Å². The standard InChI is InChI=1S/C18H24FNO3/c1-2-3-4-5-12-23-18(22)16-10-7-11-20(16)17(21)14-8-6-9-15(19)13-14/h6,8-9,13,16H,2-5,7,10-12H2,1H3. The zero-order valence-corrected chi connectivity index (χ0v) is 13.6. The minimum absolute atomic E-state index is 0.271. The normalized spacial score (nSPS) is 17.3. The molecule has 23 heavy (non-hydrogen) atoms. The molecule has 1 heterocycles. The summed E-state index contributed by atoms with van der Waals surface area (Å²) in [6.45, 7) is 3.03. The van der Waals surface area contributed by atoms with E-state index in [9.17, 15) is 14.0 Å². The van der Waals surface area contributed by atoms with E-state index < -0.39 is 11.9 Å². The fraction of sp³-hybridized carbons (Fsp3) is 0.556. The predicted molar refractivity (Wildman–Crippen MR) is 85.6 cm³/mol. The molecule has 0 N–H and O–H groups in total. The van der Waals surface area contributed by atoms with Crippen LogP contribution in [0.25, 0.3) is 0 Å². The number of hydrogen-bond acceptors (Lipinski definition) is 3. The van der Waals surface area contributed by atoms with Gasteiger partial charge in [-0.2, -0.15) is 0 Å². The molecule has 2 rings (SSSR count). The summed E-state index contributed by atoms with van der Waals surface area (Å²) in [5, 5.41) is 0. The minimum Gasteiger partial charge on any atom is -0.464 e. The molecule has 4 nitrogen and oxygen atoms in total. The summed E-state index contributed by atoms with van der Waals surface area (Å²) in [4.78, 5) is 26.2. The van der Waals surface area contributed by atoms with Crippen molar-refractivity contribution in [1.82, 2.24) is 4.90 Å². The summed E-state index contributed by atoms with van der Waals surface area (Å²) in [5.74, 6) is -1.11. The van der Waals surface area contributed by atoms with Crippen LogP contribution < -0.4 is 0 Å². The Bertz CT molecular complexity index is 547. The van der Waals surface area contributed by atoms with Gasteiger partial charge < -0.3 is 9.64 Å². The third kappa shape index (κ3) is 4.78. The van der Waals surface area contributed by atoms with Crippen LogP contribution in [0.4, 0.5) is 4.39 Å². The summed E-state index contributed by atoms with van der Waals surface area (Å²) >= 11 is 0. The van der Waals surface area contributed by atoms with Gasteiger partial charge >= 0.3 is 5.97 Å². The number of carbonyl (C=O) groups is 2. The second-order valence-electron chi connectivity index (χ2n) is 5.90. The molecule has 126 valence electrons. The fourth-order valence-corrected chi connectivity index (χ4v) is 2.84. The number of benzene rings is 1. The monoisotopic (exact) mass is 321 g/mol. The second-order valence-corrected chi connectivity index (χ2v) is 5.90. The van der Waals surface area contributed by atoms with E-state index in [2.05, 4.69) is 6.92 Å². The first kappa shape index (κ1) is 17.4. The van der Waals surface area contributed by atoms with Gasteiger partial charge in [-0.15, -0.1) is 0 Å². The van der Waals surface area contributed by atoms with E-state index >= 15 is 0 Å². The molecule has 0 aliphatic carbocycles. The number of likely N-dealkylation sites (tertiary alicyclic amines) is 1. The molecule has 1 aliphatic heterocycles. The molecule has 0 radical (unpaired) electrons. The Morgan fingerprint density at radius 3 is 2.87 bits per heavy atom. The third-order valence-corrected chi connectivity index (χ3v) is 4.10. The number of halogens is 1. The quantitative estimate of drug-likeness (QED) is 0.570. The van der Waals surface area contributed by atoms with Gasteiger partial charge in [-0.05, 0) is 37.5 Å². The molecule has 0 aromatic heterocycles. The van der Waals surface area contributed by atoms with Crippen LogP contribution in [0.2, 0.25) is 0 Å². The molecule has 5 heteroatoms. The summed E-state index contributed by atoms with van der Waals surface area (Å²) < 4.78 is 18.6. The predicted octanol–water partition coefficient (Wildman–Crippen LogP) is 3.55. The maximum Gasteiger partial charge on any atom is 0.328 e. The van der Waals surface area contributed by atoms with Crippen LogP contribution in [0.15, 0.2) is 24.3 Å². The van der Waals surface area contributed by atoms with Gasteiger partial charge in [-0.1, -0.05) is 32.3 Å². The van der Waals surface area contributed by atoms with Gasteiger partial charge in [-0.3, -0.25) is 4.79 Å². The van der Waals surface area contributed by atoms with Gasteiger partial charge in [0.05, 0.1) is 6.61 Å². The van der Waals surface area contributed by atoms with E-state index in [1.165, 1.54) is 23.1 Å². The van der Waals surface area contributed by atoms with Crippen LogP contribution in [0.3, 0.4) is 0 Å². The van der Waals surface area contributed by atoms with Gasteiger partial charge in [0.1, 0.15) is 11.9 Å². The zero-order valence-electron chi connectivity index (χ0n) is 13.6. The average Bonchev–Trinajstić information content (AvgIpc) is 3.03. The van der Waals surface area contributed by atoms with Gasteiger partial charge in [0.25, 0.3) is 5.91 Å². The Hall–Kier alpha value is -1.91. The molecular formula is C18H24FNO3. The van der Waals surface area contributed by atoms with Crippen LogP contribution in [0.1, 0.15) is 55.8 Å². The molecule has 0 bridgehead atoms. The topological polar surface area (TPSA) is 46.6 Å². The van der Waals surface area contributed by atoms with Gasteiger partial charge in [0, 0.05) is 12.1 Å². The number of amides is 1. The highest BCUT2D eigenvalue weighted by molar-refractivity contribution is 5.97. The van der Waals surface area contributed by atoms with Crippen molar-refractivity contribution < 1.29 is 18.7 Å². The van der Waals surface area contributed by atoms with Gasteiger partial charge in [0.2, 0.25) is 0 Å². The summed E-state index contributed by atoms with van der Waals surface area (Å²) in [5.41, 5.74) is 0.271.